The van der Waals surface area contributed by atoms with Crippen molar-refractivity contribution in [2.24, 2.45) is 0 Å². The van der Waals surface area contributed by atoms with E-state index in [1.54, 1.807) is 24.3 Å². The molecule has 0 aliphatic carbocycles. The molecular formula is C19H21NO5S. The van der Waals surface area contributed by atoms with Crippen molar-refractivity contribution in [1.82, 2.24) is 0 Å². The second-order valence-corrected chi connectivity index (χ2v) is 8.08. The maximum atomic E-state index is 12.0. The van der Waals surface area contributed by atoms with Gasteiger partial charge in [0.25, 0.3) is 5.91 Å². The van der Waals surface area contributed by atoms with Crippen molar-refractivity contribution >= 4 is 27.4 Å². The molecular weight excluding hydrogens is 354 g/mol. The topological polar surface area (TPSA) is 89.5 Å². The number of aryl methyl sites for hydroxylation is 1. The van der Waals surface area contributed by atoms with Crippen LogP contribution in [0.15, 0.2) is 48.5 Å². The lowest BCUT2D eigenvalue weighted by Crippen LogP contribution is -2.20. The molecule has 0 unspecified atom stereocenters. The molecule has 6 nitrogen and oxygen atoms in total. The fourth-order valence-electron chi connectivity index (χ4n) is 2.28. The van der Waals surface area contributed by atoms with E-state index in [0.29, 0.717) is 11.3 Å². The van der Waals surface area contributed by atoms with Gasteiger partial charge in [0.15, 0.2) is 16.4 Å². The van der Waals surface area contributed by atoms with Gasteiger partial charge in [0, 0.05) is 11.9 Å². The highest BCUT2D eigenvalue weighted by molar-refractivity contribution is 7.89. The lowest BCUT2D eigenvalue weighted by atomic mass is 10.1. The summed E-state index contributed by atoms with van der Waals surface area (Å²) in [6, 6.07) is 13.5. The van der Waals surface area contributed by atoms with Gasteiger partial charge in [0.2, 0.25) is 0 Å². The molecule has 0 fully saturated rings. The third-order valence-corrected chi connectivity index (χ3v) is 4.46. The van der Waals surface area contributed by atoms with Gasteiger partial charge in [-0.3, -0.25) is 4.79 Å². The summed E-state index contributed by atoms with van der Waals surface area (Å²) in [4.78, 5) is 23.8. The van der Waals surface area contributed by atoms with E-state index in [2.05, 4.69) is 5.32 Å². The minimum Gasteiger partial charge on any atom is -0.452 e. The molecule has 2 aromatic rings. The van der Waals surface area contributed by atoms with Gasteiger partial charge < -0.3 is 10.1 Å². The average Bonchev–Trinajstić information content (AvgIpc) is 2.59. The minimum absolute atomic E-state index is 0.0957. The zero-order chi connectivity index (χ0) is 19.2. The Hall–Kier alpha value is -2.67. The van der Waals surface area contributed by atoms with Gasteiger partial charge in [-0.2, -0.15) is 0 Å². The van der Waals surface area contributed by atoms with E-state index in [-0.39, 0.29) is 11.3 Å². The Balaban J connectivity index is 1.86. The monoisotopic (exact) mass is 375 g/mol. The molecule has 0 aliphatic rings. The highest BCUT2D eigenvalue weighted by atomic mass is 32.2. The lowest BCUT2D eigenvalue weighted by molar-refractivity contribution is -0.119. The normalized spacial score (nSPS) is 11.0. The quantitative estimate of drug-likeness (QED) is 0.752. The van der Waals surface area contributed by atoms with Crippen LogP contribution in [0.2, 0.25) is 0 Å². The second-order valence-electron chi connectivity index (χ2n) is 5.94. The number of sulfone groups is 1. The van der Waals surface area contributed by atoms with Crippen LogP contribution in [0.4, 0.5) is 5.69 Å². The Morgan fingerprint density at radius 3 is 2.08 bits per heavy atom. The highest BCUT2D eigenvalue weighted by Crippen LogP contribution is 2.11. The first-order valence-electron chi connectivity index (χ1n) is 8.09. The number of anilines is 1. The van der Waals surface area contributed by atoms with E-state index in [0.717, 1.165) is 18.2 Å². The third kappa shape index (κ3) is 6.33. The Morgan fingerprint density at radius 1 is 0.962 bits per heavy atom. The van der Waals surface area contributed by atoms with Crippen molar-refractivity contribution in [3.63, 3.8) is 0 Å². The number of esters is 1. The van der Waals surface area contributed by atoms with Gasteiger partial charge >= 0.3 is 5.97 Å². The predicted molar refractivity (Wildman–Crippen MR) is 99.7 cm³/mol. The van der Waals surface area contributed by atoms with E-state index in [1.165, 1.54) is 12.1 Å². The number of amides is 1. The molecule has 0 atom stereocenters. The van der Waals surface area contributed by atoms with Crippen LogP contribution < -0.4 is 5.32 Å². The number of hydrogen-bond acceptors (Lipinski definition) is 5. The van der Waals surface area contributed by atoms with Crippen molar-refractivity contribution in [2.75, 3.05) is 18.2 Å². The summed E-state index contributed by atoms with van der Waals surface area (Å²) in [7, 11) is -3.14. The Bertz CT molecular complexity index is 871. The van der Waals surface area contributed by atoms with E-state index in [1.807, 2.05) is 19.1 Å². The molecule has 0 bridgehead atoms. The summed E-state index contributed by atoms with van der Waals surface area (Å²) >= 11 is 0. The molecule has 0 spiro atoms. The summed E-state index contributed by atoms with van der Waals surface area (Å²) in [5, 5.41) is 2.65. The number of carbonyl (C=O) groups excluding carboxylic acids is 2. The Labute approximate surface area is 153 Å². The third-order valence-electron chi connectivity index (χ3n) is 3.60. The summed E-state index contributed by atoms with van der Waals surface area (Å²) < 4.78 is 27.5. The zero-order valence-electron chi connectivity index (χ0n) is 14.7. The van der Waals surface area contributed by atoms with E-state index < -0.39 is 28.3 Å². The Kier molecular flexibility index (Phi) is 6.52. The summed E-state index contributed by atoms with van der Waals surface area (Å²) in [6.07, 6.45) is 2.05. The second kappa shape index (κ2) is 8.62. The van der Waals surface area contributed by atoms with Crippen LogP contribution in [0.5, 0.6) is 0 Å². The molecule has 0 saturated heterocycles. The van der Waals surface area contributed by atoms with E-state index >= 15 is 0 Å². The van der Waals surface area contributed by atoms with Crippen LogP contribution >= 0.6 is 0 Å². The fourth-order valence-corrected chi connectivity index (χ4v) is 3.07. The molecule has 7 heteroatoms. The van der Waals surface area contributed by atoms with Gasteiger partial charge in [0.1, 0.15) is 0 Å². The standard InChI is InChI=1S/C19H21NO5S/c1-3-14-6-10-17(11-7-14)20-18(21)12-25-19(22)16-8-4-15(5-9-16)13-26(2,23)24/h4-11H,3,12-13H2,1-2H3,(H,20,21). The van der Waals surface area contributed by atoms with Gasteiger partial charge in [-0.25, -0.2) is 13.2 Å². The number of rotatable bonds is 7. The molecule has 2 aromatic carbocycles. The fraction of sp³-hybridized carbons (Fsp3) is 0.263. The molecule has 0 heterocycles. The van der Waals surface area contributed by atoms with Crippen LogP contribution in [0, 0.1) is 0 Å². The first-order chi connectivity index (χ1) is 12.3. The van der Waals surface area contributed by atoms with Crippen molar-refractivity contribution in [2.45, 2.75) is 19.1 Å². The molecule has 2 rings (SSSR count). The summed E-state index contributed by atoms with van der Waals surface area (Å²) in [5.74, 6) is -1.18. The van der Waals surface area contributed by atoms with Gasteiger partial charge in [0.05, 0.1) is 11.3 Å². The van der Waals surface area contributed by atoms with Gasteiger partial charge in [-0.15, -0.1) is 0 Å². The van der Waals surface area contributed by atoms with Crippen molar-refractivity contribution < 1.29 is 22.7 Å². The van der Waals surface area contributed by atoms with Crippen LogP contribution in [0.3, 0.4) is 0 Å². The highest BCUT2D eigenvalue weighted by Gasteiger charge is 2.11. The summed E-state index contributed by atoms with van der Waals surface area (Å²) in [6.45, 7) is 1.64. The van der Waals surface area contributed by atoms with Crippen LogP contribution in [-0.2, 0) is 31.5 Å². The molecule has 1 amide bonds. The van der Waals surface area contributed by atoms with E-state index in [9.17, 15) is 18.0 Å². The molecule has 138 valence electrons. The average molecular weight is 375 g/mol. The van der Waals surface area contributed by atoms with Crippen LogP contribution in [0.1, 0.15) is 28.4 Å². The van der Waals surface area contributed by atoms with Crippen molar-refractivity contribution in [1.29, 1.82) is 0 Å². The van der Waals surface area contributed by atoms with Crippen molar-refractivity contribution in [3.05, 3.63) is 65.2 Å². The maximum Gasteiger partial charge on any atom is 0.338 e. The lowest BCUT2D eigenvalue weighted by Gasteiger charge is -2.08. The van der Waals surface area contributed by atoms with Crippen LogP contribution in [0.25, 0.3) is 0 Å². The van der Waals surface area contributed by atoms with Gasteiger partial charge in [-0.1, -0.05) is 31.2 Å². The molecule has 0 saturated carbocycles. The zero-order valence-corrected chi connectivity index (χ0v) is 15.5. The van der Waals surface area contributed by atoms with Crippen LogP contribution in [-0.4, -0.2) is 33.2 Å². The minimum atomic E-state index is -3.14. The number of hydrogen-bond donors (Lipinski definition) is 1. The number of ether oxygens (including phenoxy) is 1. The molecule has 0 radical (unpaired) electrons. The maximum absolute atomic E-state index is 12.0. The molecule has 1 N–H and O–H groups in total. The van der Waals surface area contributed by atoms with E-state index in [4.69, 9.17) is 4.74 Å². The smallest absolute Gasteiger partial charge is 0.338 e. The largest absolute Gasteiger partial charge is 0.452 e. The number of carbonyl (C=O) groups is 2. The molecule has 26 heavy (non-hydrogen) atoms. The summed E-state index contributed by atoms with van der Waals surface area (Å²) in [5.41, 5.74) is 2.63. The van der Waals surface area contributed by atoms with Crippen molar-refractivity contribution in [3.8, 4) is 0 Å². The molecule has 0 aliphatic heterocycles. The Morgan fingerprint density at radius 2 is 1.54 bits per heavy atom. The van der Waals surface area contributed by atoms with Gasteiger partial charge in [-0.05, 0) is 41.8 Å². The number of nitrogens with one attached hydrogen (secondary N) is 1. The predicted octanol–water partition coefficient (Wildman–Crippen LogP) is 2.59. The molecule has 0 aromatic heterocycles. The number of benzene rings is 2. The first-order valence-corrected chi connectivity index (χ1v) is 10.2. The SMILES string of the molecule is CCc1ccc(NC(=O)COC(=O)c2ccc(CS(C)(=O)=O)cc2)cc1. The first kappa shape index (κ1) is 19.7.